The fourth-order valence-corrected chi connectivity index (χ4v) is 1.41. The highest BCUT2D eigenvalue weighted by atomic mass is 16.4. The Hall–Kier alpha value is -2.96. The van der Waals surface area contributed by atoms with Gasteiger partial charge in [0.15, 0.2) is 5.82 Å². The molecular formula is C12H9N4O3-. The van der Waals surface area contributed by atoms with Crippen molar-refractivity contribution >= 4 is 28.6 Å². The summed E-state index contributed by atoms with van der Waals surface area (Å²) in [6.07, 6.45) is 2.83. The third kappa shape index (κ3) is 3.25. The van der Waals surface area contributed by atoms with Gasteiger partial charge in [0.2, 0.25) is 0 Å². The van der Waals surface area contributed by atoms with E-state index < -0.39 is 11.9 Å². The second-order valence-electron chi connectivity index (χ2n) is 3.51. The third-order valence-corrected chi connectivity index (χ3v) is 2.22. The van der Waals surface area contributed by atoms with Gasteiger partial charge >= 0.3 is 0 Å². The summed E-state index contributed by atoms with van der Waals surface area (Å²) in [4.78, 5) is 29.4. The molecule has 0 aliphatic heterocycles. The van der Waals surface area contributed by atoms with Crippen LogP contribution in [0.15, 0.2) is 42.7 Å². The van der Waals surface area contributed by atoms with Crippen molar-refractivity contribution in [3.63, 3.8) is 0 Å². The van der Waals surface area contributed by atoms with Crippen LogP contribution < -0.4 is 16.0 Å². The summed E-state index contributed by atoms with van der Waals surface area (Å²) < 4.78 is 0. The first-order valence-corrected chi connectivity index (χ1v) is 5.31. The number of fused-ring (bicyclic) bond motifs is 1. The van der Waals surface area contributed by atoms with Crippen molar-refractivity contribution in [2.75, 3.05) is 5.43 Å². The van der Waals surface area contributed by atoms with Crippen molar-refractivity contribution in [2.45, 2.75) is 0 Å². The van der Waals surface area contributed by atoms with E-state index in [1.165, 1.54) is 6.33 Å². The first kappa shape index (κ1) is 12.5. The molecule has 2 N–H and O–H groups in total. The first-order valence-electron chi connectivity index (χ1n) is 5.31. The predicted molar refractivity (Wildman–Crippen MR) is 65.5 cm³/mol. The van der Waals surface area contributed by atoms with E-state index in [-0.39, 0.29) is 0 Å². The number of anilines is 1. The summed E-state index contributed by atoms with van der Waals surface area (Å²) in [5.41, 5.74) is 5.61. The van der Waals surface area contributed by atoms with Crippen LogP contribution in [0.4, 0.5) is 5.82 Å². The molecule has 0 fully saturated rings. The van der Waals surface area contributed by atoms with E-state index in [1.54, 1.807) is 12.1 Å². The molecule has 1 aromatic heterocycles. The summed E-state index contributed by atoms with van der Waals surface area (Å²) in [5.74, 6) is -1.66. The van der Waals surface area contributed by atoms with Gasteiger partial charge in [0.1, 0.15) is 6.33 Å². The number of aliphatic carboxylic acids is 1. The Kier molecular flexibility index (Phi) is 3.67. The highest BCUT2D eigenvalue weighted by molar-refractivity contribution is 5.95. The van der Waals surface area contributed by atoms with Crippen molar-refractivity contribution in [1.29, 1.82) is 0 Å². The number of benzene rings is 1. The molecule has 0 bridgehead atoms. The molecule has 7 heteroatoms. The lowest BCUT2D eigenvalue weighted by Gasteiger charge is -2.07. The zero-order chi connectivity index (χ0) is 13.7. The van der Waals surface area contributed by atoms with E-state index in [0.717, 1.165) is 17.0 Å². The number of carbonyl (C=O) groups excluding carboxylic acids is 2. The second-order valence-corrected chi connectivity index (χ2v) is 3.51. The Labute approximate surface area is 108 Å². The normalized spacial score (nSPS) is 10.5. The SMILES string of the molecule is O=C([O-])/C=C/C(=O)NNc1ncnc2ccccc12. The number of para-hydroxylation sites is 1. The van der Waals surface area contributed by atoms with Crippen LogP contribution in [0, 0.1) is 0 Å². The maximum absolute atomic E-state index is 11.3. The zero-order valence-electron chi connectivity index (χ0n) is 9.66. The first-order chi connectivity index (χ1) is 9.16. The van der Waals surface area contributed by atoms with Crippen LogP contribution in [0.3, 0.4) is 0 Å². The molecule has 0 radical (unpaired) electrons. The molecule has 2 rings (SSSR count). The predicted octanol–water partition coefficient (Wildman–Crippen LogP) is -0.621. The van der Waals surface area contributed by atoms with Crippen LogP contribution in [0.5, 0.6) is 0 Å². The second kappa shape index (κ2) is 5.58. The van der Waals surface area contributed by atoms with Crippen LogP contribution >= 0.6 is 0 Å². The van der Waals surface area contributed by atoms with Gasteiger partial charge in [0.05, 0.1) is 11.5 Å². The maximum atomic E-state index is 11.3. The van der Waals surface area contributed by atoms with E-state index >= 15 is 0 Å². The number of amides is 1. The zero-order valence-corrected chi connectivity index (χ0v) is 9.66. The maximum Gasteiger partial charge on any atom is 0.262 e. The van der Waals surface area contributed by atoms with Crippen molar-refractivity contribution in [3.05, 3.63) is 42.7 Å². The number of carboxylic acids is 1. The van der Waals surface area contributed by atoms with Crippen molar-refractivity contribution < 1.29 is 14.7 Å². The van der Waals surface area contributed by atoms with Gasteiger partial charge in [-0.1, -0.05) is 12.1 Å². The fraction of sp³-hybridized carbons (Fsp3) is 0. The van der Waals surface area contributed by atoms with Crippen molar-refractivity contribution in [2.24, 2.45) is 0 Å². The molecule has 0 saturated carbocycles. The fourth-order valence-electron chi connectivity index (χ4n) is 1.41. The molecule has 1 amide bonds. The molecule has 7 nitrogen and oxygen atoms in total. The van der Waals surface area contributed by atoms with Gasteiger partial charge in [-0.2, -0.15) is 0 Å². The molecule has 0 aliphatic carbocycles. The number of aromatic nitrogens is 2. The van der Waals surface area contributed by atoms with Crippen LogP contribution in [0.2, 0.25) is 0 Å². The highest BCUT2D eigenvalue weighted by Crippen LogP contribution is 2.17. The number of carbonyl (C=O) groups is 2. The van der Waals surface area contributed by atoms with Gasteiger partial charge < -0.3 is 9.90 Å². The minimum absolute atomic E-state index is 0.417. The number of rotatable bonds is 4. The van der Waals surface area contributed by atoms with Crippen LogP contribution in [-0.4, -0.2) is 21.8 Å². The largest absolute Gasteiger partial charge is 0.545 e. The Morgan fingerprint density at radius 1 is 1.16 bits per heavy atom. The van der Waals surface area contributed by atoms with Crippen molar-refractivity contribution in [3.8, 4) is 0 Å². The van der Waals surface area contributed by atoms with Crippen LogP contribution in [0.1, 0.15) is 0 Å². The highest BCUT2D eigenvalue weighted by Gasteiger charge is 2.02. The van der Waals surface area contributed by atoms with E-state index in [9.17, 15) is 14.7 Å². The number of carboxylic acid groups (broad SMARTS) is 1. The van der Waals surface area contributed by atoms with Crippen LogP contribution in [0.25, 0.3) is 10.9 Å². The lowest BCUT2D eigenvalue weighted by molar-refractivity contribution is -0.297. The Bertz CT molecular complexity index is 649. The molecule has 0 spiro atoms. The van der Waals surface area contributed by atoms with E-state index in [1.807, 2.05) is 12.1 Å². The minimum Gasteiger partial charge on any atom is -0.545 e. The van der Waals surface area contributed by atoms with Gasteiger partial charge in [-0.3, -0.25) is 15.6 Å². The molecular weight excluding hydrogens is 248 g/mol. The number of nitrogens with one attached hydrogen (secondary N) is 2. The molecule has 0 saturated heterocycles. The quantitative estimate of drug-likeness (QED) is 0.558. The number of hydrazine groups is 1. The van der Waals surface area contributed by atoms with E-state index in [0.29, 0.717) is 11.9 Å². The third-order valence-electron chi connectivity index (χ3n) is 2.22. The molecule has 0 aliphatic rings. The van der Waals surface area contributed by atoms with E-state index in [2.05, 4.69) is 20.8 Å². The smallest absolute Gasteiger partial charge is 0.262 e. The summed E-state index contributed by atoms with van der Waals surface area (Å²) >= 11 is 0. The summed E-state index contributed by atoms with van der Waals surface area (Å²) in [6.45, 7) is 0. The number of hydrogen-bond acceptors (Lipinski definition) is 6. The summed E-state index contributed by atoms with van der Waals surface area (Å²) in [5, 5.41) is 10.9. The number of nitrogens with zero attached hydrogens (tertiary/aromatic N) is 2. The van der Waals surface area contributed by atoms with Gasteiger partial charge in [-0.05, 0) is 18.2 Å². The Morgan fingerprint density at radius 2 is 1.95 bits per heavy atom. The summed E-state index contributed by atoms with van der Waals surface area (Å²) in [6, 6.07) is 7.25. The molecule has 2 aromatic rings. The van der Waals surface area contributed by atoms with E-state index in [4.69, 9.17) is 0 Å². The van der Waals surface area contributed by atoms with Gasteiger partial charge in [0.25, 0.3) is 5.91 Å². The lowest BCUT2D eigenvalue weighted by atomic mass is 10.2. The molecule has 1 aromatic carbocycles. The topological polar surface area (TPSA) is 107 Å². The standard InChI is InChI=1S/C12H10N4O3/c17-10(5-6-11(18)19)15-16-12-8-3-1-2-4-9(8)13-7-14-12/h1-7H,(H,15,17)(H,18,19)(H,13,14,16)/p-1/b6-5+. The molecule has 0 atom stereocenters. The molecule has 96 valence electrons. The minimum atomic E-state index is -1.44. The van der Waals surface area contributed by atoms with Gasteiger partial charge in [0, 0.05) is 11.5 Å². The number of hydrogen-bond donors (Lipinski definition) is 2. The average Bonchev–Trinajstić information content (AvgIpc) is 2.42. The van der Waals surface area contributed by atoms with Crippen LogP contribution in [-0.2, 0) is 9.59 Å². The van der Waals surface area contributed by atoms with Crippen molar-refractivity contribution in [1.82, 2.24) is 15.4 Å². The Morgan fingerprint density at radius 3 is 2.74 bits per heavy atom. The Balaban J connectivity index is 2.10. The lowest BCUT2D eigenvalue weighted by Crippen LogP contribution is -2.29. The molecule has 0 unspecified atom stereocenters. The van der Waals surface area contributed by atoms with Gasteiger partial charge in [-0.25, -0.2) is 9.97 Å². The summed E-state index contributed by atoms with van der Waals surface area (Å²) in [7, 11) is 0. The van der Waals surface area contributed by atoms with Gasteiger partial charge in [-0.15, -0.1) is 0 Å². The average molecular weight is 257 g/mol. The monoisotopic (exact) mass is 257 g/mol. The molecule has 1 heterocycles. The molecule has 19 heavy (non-hydrogen) atoms.